The number of fused-ring (bicyclic) bond motifs is 1. The molecule has 0 saturated heterocycles. The van der Waals surface area contributed by atoms with Crippen LogP contribution >= 0.6 is 0 Å². The molecule has 3 rings (SSSR count). The van der Waals surface area contributed by atoms with E-state index in [1.54, 1.807) is 11.7 Å². The first-order valence-corrected chi connectivity index (χ1v) is 9.16. The number of benzene rings is 1. The van der Waals surface area contributed by atoms with Gasteiger partial charge in [-0.15, -0.1) is 0 Å². The molecule has 9 heteroatoms. The summed E-state index contributed by atoms with van der Waals surface area (Å²) in [4.78, 5) is 0. The Hall–Kier alpha value is -2.00. The molecule has 2 heterocycles. The van der Waals surface area contributed by atoms with E-state index in [-0.39, 0.29) is 18.9 Å². The van der Waals surface area contributed by atoms with Crippen molar-refractivity contribution < 1.29 is 21.9 Å². The van der Waals surface area contributed by atoms with E-state index in [1.807, 2.05) is 0 Å². The summed E-state index contributed by atoms with van der Waals surface area (Å²) in [6, 6.07) is 2.93. The molecule has 1 aliphatic rings. The zero-order chi connectivity index (χ0) is 17.5. The van der Waals surface area contributed by atoms with E-state index >= 15 is 0 Å². The summed E-state index contributed by atoms with van der Waals surface area (Å²) < 4.78 is 58.4. The lowest BCUT2D eigenvalue weighted by Crippen LogP contribution is -2.35. The minimum atomic E-state index is -3.30. The molecule has 2 aromatic rings. The predicted octanol–water partition coefficient (Wildman–Crippen LogP) is 1.60. The molecule has 0 bridgehead atoms. The van der Waals surface area contributed by atoms with Crippen molar-refractivity contribution in [2.24, 2.45) is 7.05 Å². The van der Waals surface area contributed by atoms with Gasteiger partial charge in [-0.3, -0.25) is 4.68 Å². The van der Waals surface area contributed by atoms with Gasteiger partial charge in [-0.1, -0.05) is 0 Å². The highest BCUT2D eigenvalue weighted by Gasteiger charge is 2.28. The molecule has 6 nitrogen and oxygen atoms in total. The van der Waals surface area contributed by atoms with Gasteiger partial charge in [0.25, 0.3) is 0 Å². The molecule has 0 aliphatic carbocycles. The van der Waals surface area contributed by atoms with Crippen LogP contribution in [0.2, 0.25) is 0 Å². The van der Waals surface area contributed by atoms with Crippen molar-refractivity contribution in [3.63, 3.8) is 0 Å². The fourth-order valence-electron chi connectivity index (χ4n) is 2.81. The first-order valence-electron chi connectivity index (χ1n) is 7.31. The van der Waals surface area contributed by atoms with Gasteiger partial charge >= 0.3 is 0 Å². The molecule has 0 N–H and O–H groups in total. The summed E-state index contributed by atoms with van der Waals surface area (Å²) in [5.74, 6) is -1.39. The first-order chi connectivity index (χ1) is 11.2. The minimum absolute atomic E-state index is 0.00364. The molecule has 0 amide bonds. The van der Waals surface area contributed by atoms with Crippen molar-refractivity contribution in [3.8, 4) is 5.75 Å². The molecule has 0 atom stereocenters. The summed E-state index contributed by atoms with van der Waals surface area (Å²) in [5, 5.41) is 4.35. The van der Waals surface area contributed by atoms with Gasteiger partial charge in [0.05, 0.1) is 6.26 Å². The van der Waals surface area contributed by atoms with E-state index in [0.717, 1.165) is 29.5 Å². The Bertz CT molecular complexity index is 860. The summed E-state index contributed by atoms with van der Waals surface area (Å²) in [5.41, 5.74) is 2.29. The van der Waals surface area contributed by atoms with E-state index < -0.39 is 21.7 Å². The van der Waals surface area contributed by atoms with Crippen LogP contribution in [0.15, 0.2) is 18.2 Å². The van der Waals surface area contributed by atoms with Crippen LogP contribution in [0, 0.1) is 11.6 Å². The number of aryl methyl sites for hydroxylation is 1. The number of ether oxygens (including phenoxy) is 1. The van der Waals surface area contributed by atoms with Crippen LogP contribution in [0.25, 0.3) is 0 Å². The molecule has 1 aromatic carbocycles. The second kappa shape index (κ2) is 6.14. The van der Waals surface area contributed by atoms with Gasteiger partial charge in [0, 0.05) is 56.0 Å². The van der Waals surface area contributed by atoms with Crippen molar-refractivity contribution in [2.45, 2.75) is 19.6 Å². The van der Waals surface area contributed by atoms with Gasteiger partial charge in [0.15, 0.2) is 0 Å². The predicted molar refractivity (Wildman–Crippen MR) is 82.9 cm³/mol. The molecule has 0 fully saturated rings. The summed E-state index contributed by atoms with van der Waals surface area (Å²) in [6.07, 6.45) is 1.72. The molecule has 0 unspecified atom stereocenters. The Morgan fingerprint density at radius 2 is 1.92 bits per heavy atom. The minimum Gasteiger partial charge on any atom is -0.487 e. The van der Waals surface area contributed by atoms with E-state index in [9.17, 15) is 17.2 Å². The second-order valence-corrected chi connectivity index (χ2v) is 7.72. The highest BCUT2D eigenvalue weighted by molar-refractivity contribution is 7.88. The van der Waals surface area contributed by atoms with Crippen LogP contribution in [0.5, 0.6) is 5.75 Å². The van der Waals surface area contributed by atoms with Gasteiger partial charge < -0.3 is 4.74 Å². The van der Waals surface area contributed by atoms with Gasteiger partial charge in [-0.25, -0.2) is 17.2 Å². The maximum Gasteiger partial charge on any atom is 0.211 e. The van der Waals surface area contributed by atoms with Gasteiger partial charge in [0.1, 0.15) is 29.7 Å². The maximum atomic E-state index is 13.2. The number of hydrogen-bond acceptors (Lipinski definition) is 4. The van der Waals surface area contributed by atoms with Crippen molar-refractivity contribution in [2.75, 3.05) is 12.8 Å². The topological polar surface area (TPSA) is 64.4 Å². The van der Waals surface area contributed by atoms with Gasteiger partial charge in [-0.2, -0.15) is 9.40 Å². The molecular weight excluding hydrogens is 340 g/mol. The number of hydrogen-bond donors (Lipinski definition) is 0. The van der Waals surface area contributed by atoms with Crippen molar-refractivity contribution in [1.82, 2.24) is 14.1 Å². The fraction of sp³-hybridized carbons (Fsp3) is 0.400. The highest BCUT2D eigenvalue weighted by Crippen LogP contribution is 2.25. The summed E-state index contributed by atoms with van der Waals surface area (Å²) in [7, 11) is -1.52. The van der Waals surface area contributed by atoms with Crippen LogP contribution in [0.1, 0.15) is 17.0 Å². The average Bonchev–Trinajstić information content (AvgIpc) is 2.79. The molecular formula is C15H17F2N3O3S. The lowest BCUT2D eigenvalue weighted by molar-refractivity contribution is 0.293. The monoisotopic (exact) mass is 357 g/mol. The van der Waals surface area contributed by atoms with Crippen LogP contribution in [-0.2, 0) is 36.6 Å². The van der Waals surface area contributed by atoms with Crippen molar-refractivity contribution in [1.29, 1.82) is 0 Å². The normalized spacial score (nSPS) is 15.3. The van der Waals surface area contributed by atoms with E-state index in [4.69, 9.17) is 4.74 Å². The van der Waals surface area contributed by atoms with Gasteiger partial charge in [0.2, 0.25) is 10.0 Å². The number of rotatable bonds is 4. The number of nitrogens with zero attached hydrogens (tertiary/aromatic N) is 3. The van der Waals surface area contributed by atoms with Crippen LogP contribution in [0.3, 0.4) is 0 Å². The zero-order valence-electron chi connectivity index (χ0n) is 13.3. The highest BCUT2D eigenvalue weighted by atomic mass is 32.2. The number of aromatic nitrogens is 2. The number of sulfonamides is 1. The van der Waals surface area contributed by atoms with Gasteiger partial charge in [-0.05, 0) is 0 Å². The Kier molecular flexibility index (Phi) is 4.31. The Morgan fingerprint density at radius 1 is 1.25 bits per heavy atom. The van der Waals surface area contributed by atoms with E-state index in [1.165, 1.54) is 10.6 Å². The lowest BCUT2D eigenvalue weighted by Gasteiger charge is -2.25. The molecule has 0 saturated carbocycles. The Labute approximate surface area is 138 Å². The molecule has 130 valence electrons. The first kappa shape index (κ1) is 16.8. The molecule has 0 spiro atoms. The number of halogens is 2. The Morgan fingerprint density at radius 3 is 2.54 bits per heavy atom. The second-order valence-electron chi connectivity index (χ2n) is 5.74. The maximum absolute atomic E-state index is 13.2. The SMILES string of the molecule is Cn1nc(COc2cc(F)cc(F)c2)c2c1CCN(S(C)(=O)=O)C2. The average molecular weight is 357 g/mol. The van der Waals surface area contributed by atoms with Crippen LogP contribution in [0.4, 0.5) is 8.78 Å². The summed E-state index contributed by atoms with van der Waals surface area (Å²) in [6.45, 7) is 0.628. The Balaban J connectivity index is 1.82. The zero-order valence-corrected chi connectivity index (χ0v) is 14.1. The third-order valence-corrected chi connectivity index (χ3v) is 5.22. The molecule has 1 aromatic heterocycles. The molecule has 0 radical (unpaired) electrons. The lowest BCUT2D eigenvalue weighted by atomic mass is 10.1. The van der Waals surface area contributed by atoms with Crippen molar-refractivity contribution >= 4 is 10.0 Å². The van der Waals surface area contributed by atoms with Crippen molar-refractivity contribution in [3.05, 3.63) is 46.8 Å². The largest absolute Gasteiger partial charge is 0.487 e. The molecule has 24 heavy (non-hydrogen) atoms. The molecule has 1 aliphatic heterocycles. The fourth-order valence-corrected chi connectivity index (χ4v) is 3.59. The summed E-state index contributed by atoms with van der Waals surface area (Å²) >= 11 is 0. The third-order valence-electron chi connectivity index (χ3n) is 3.97. The van der Waals surface area contributed by atoms with Crippen LogP contribution in [-0.4, -0.2) is 35.3 Å². The van der Waals surface area contributed by atoms with E-state index in [2.05, 4.69) is 5.10 Å². The van der Waals surface area contributed by atoms with Crippen LogP contribution < -0.4 is 4.74 Å². The quantitative estimate of drug-likeness (QED) is 0.834. The standard InChI is InChI=1S/C15H17F2N3O3S/c1-19-15-3-4-20(24(2,21)22)8-13(15)14(18-19)9-23-12-6-10(16)5-11(17)7-12/h5-7H,3-4,8-9H2,1-2H3. The van der Waals surface area contributed by atoms with E-state index in [0.29, 0.717) is 18.7 Å². The third kappa shape index (κ3) is 3.41. The smallest absolute Gasteiger partial charge is 0.211 e.